The maximum absolute atomic E-state index is 11.7. The third kappa shape index (κ3) is 5.30. The van der Waals surface area contributed by atoms with Crippen LogP contribution < -0.4 is 10.6 Å². The molecule has 4 heteroatoms. The van der Waals surface area contributed by atoms with E-state index in [1.165, 1.54) is 5.56 Å². The summed E-state index contributed by atoms with van der Waals surface area (Å²) in [6.45, 7) is 4.37. The molecule has 0 aliphatic heterocycles. The number of nitrogens with two attached hydrogens (primary N) is 1. The van der Waals surface area contributed by atoms with Gasteiger partial charge in [-0.2, -0.15) is 0 Å². The molecule has 0 aromatic heterocycles. The molecule has 0 saturated heterocycles. The van der Waals surface area contributed by atoms with E-state index in [0.29, 0.717) is 13.0 Å². The van der Waals surface area contributed by atoms with Crippen LogP contribution in [0.1, 0.15) is 18.4 Å². The van der Waals surface area contributed by atoms with Crippen LogP contribution in [0.3, 0.4) is 0 Å². The van der Waals surface area contributed by atoms with Gasteiger partial charge in [-0.15, -0.1) is 0 Å². The van der Waals surface area contributed by atoms with Crippen molar-refractivity contribution in [3.8, 4) is 0 Å². The molecule has 0 radical (unpaired) electrons. The number of carbonyl (C=O) groups is 1. The zero-order valence-electron chi connectivity index (χ0n) is 12.2. The van der Waals surface area contributed by atoms with Gasteiger partial charge < -0.3 is 15.5 Å². The van der Waals surface area contributed by atoms with Gasteiger partial charge in [0.2, 0.25) is 5.91 Å². The average molecular weight is 263 g/mol. The standard InChI is InChI=1S/C15H25N3O/c1-13-5-7-14(8-6-13)18(11-4-10-16)12-9-15(19)17(2)3/h5-8H,4,9-12,16H2,1-3H3. The topological polar surface area (TPSA) is 49.6 Å². The van der Waals surface area contributed by atoms with Crippen LogP contribution in [0, 0.1) is 6.92 Å². The number of carbonyl (C=O) groups excluding carboxylic acids is 1. The highest BCUT2D eigenvalue weighted by atomic mass is 16.2. The van der Waals surface area contributed by atoms with Crippen LogP contribution >= 0.6 is 0 Å². The lowest BCUT2D eigenvalue weighted by Crippen LogP contribution is -2.31. The van der Waals surface area contributed by atoms with Gasteiger partial charge in [-0.1, -0.05) is 17.7 Å². The van der Waals surface area contributed by atoms with Crippen molar-refractivity contribution in [1.82, 2.24) is 4.90 Å². The van der Waals surface area contributed by atoms with Crippen LogP contribution in [0.2, 0.25) is 0 Å². The molecule has 1 amide bonds. The third-order valence-corrected chi connectivity index (χ3v) is 3.13. The summed E-state index contributed by atoms with van der Waals surface area (Å²) in [6, 6.07) is 8.40. The summed E-state index contributed by atoms with van der Waals surface area (Å²) >= 11 is 0. The number of rotatable bonds is 7. The molecule has 106 valence electrons. The maximum atomic E-state index is 11.7. The first-order valence-corrected chi connectivity index (χ1v) is 6.76. The SMILES string of the molecule is Cc1ccc(N(CCCN)CCC(=O)N(C)C)cc1. The van der Waals surface area contributed by atoms with Crippen molar-refractivity contribution in [2.75, 3.05) is 38.6 Å². The van der Waals surface area contributed by atoms with E-state index in [4.69, 9.17) is 5.73 Å². The van der Waals surface area contributed by atoms with Crippen molar-refractivity contribution in [2.45, 2.75) is 19.8 Å². The predicted molar refractivity (Wildman–Crippen MR) is 80.4 cm³/mol. The van der Waals surface area contributed by atoms with Crippen LogP contribution in [0.15, 0.2) is 24.3 Å². The Morgan fingerprint density at radius 3 is 2.32 bits per heavy atom. The van der Waals surface area contributed by atoms with Gasteiger partial charge in [-0.05, 0) is 32.0 Å². The number of anilines is 1. The number of nitrogens with zero attached hydrogens (tertiary/aromatic N) is 2. The molecule has 1 rings (SSSR count). The molecule has 2 N–H and O–H groups in total. The molecule has 1 aromatic carbocycles. The summed E-state index contributed by atoms with van der Waals surface area (Å²) in [5.74, 6) is 0.157. The first-order valence-electron chi connectivity index (χ1n) is 6.76. The molecule has 0 unspecified atom stereocenters. The molecular weight excluding hydrogens is 238 g/mol. The number of amides is 1. The van der Waals surface area contributed by atoms with Gasteiger partial charge in [-0.3, -0.25) is 4.79 Å². The summed E-state index contributed by atoms with van der Waals surface area (Å²) in [5.41, 5.74) is 7.98. The third-order valence-electron chi connectivity index (χ3n) is 3.13. The molecule has 0 aliphatic rings. The van der Waals surface area contributed by atoms with Crippen molar-refractivity contribution >= 4 is 11.6 Å². The fourth-order valence-corrected chi connectivity index (χ4v) is 1.86. The number of hydrogen-bond acceptors (Lipinski definition) is 3. The smallest absolute Gasteiger partial charge is 0.223 e. The summed E-state index contributed by atoms with van der Waals surface area (Å²) in [5, 5.41) is 0. The molecule has 19 heavy (non-hydrogen) atoms. The Labute approximate surface area is 116 Å². The fourth-order valence-electron chi connectivity index (χ4n) is 1.86. The number of aryl methyl sites for hydroxylation is 1. The van der Waals surface area contributed by atoms with Crippen molar-refractivity contribution in [1.29, 1.82) is 0 Å². The molecule has 4 nitrogen and oxygen atoms in total. The summed E-state index contributed by atoms with van der Waals surface area (Å²) in [7, 11) is 3.58. The van der Waals surface area contributed by atoms with Gasteiger partial charge in [0.25, 0.3) is 0 Å². The van der Waals surface area contributed by atoms with Crippen molar-refractivity contribution in [3.05, 3.63) is 29.8 Å². The van der Waals surface area contributed by atoms with Gasteiger partial charge >= 0.3 is 0 Å². The summed E-state index contributed by atoms with van der Waals surface area (Å²) in [4.78, 5) is 15.5. The van der Waals surface area contributed by atoms with Crippen molar-refractivity contribution in [3.63, 3.8) is 0 Å². The number of hydrogen-bond donors (Lipinski definition) is 1. The first kappa shape index (κ1) is 15.5. The highest BCUT2D eigenvalue weighted by Crippen LogP contribution is 2.16. The number of benzene rings is 1. The molecule has 0 atom stereocenters. The molecule has 0 heterocycles. The van der Waals surface area contributed by atoms with Gasteiger partial charge in [0.15, 0.2) is 0 Å². The second kappa shape index (κ2) is 7.79. The largest absolute Gasteiger partial charge is 0.371 e. The fraction of sp³-hybridized carbons (Fsp3) is 0.533. The van der Waals surface area contributed by atoms with E-state index in [1.54, 1.807) is 19.0 Å². The second-order valence-corrected chi connectivity index (χ2v) is 5.00. The molecule has 1 aromatic rings. The highest BCUT2D eigenvalue weighted by molar-refractivity contribution is 5.76. The van der Waals surface area contributed by atoms with Crippen molar-refractivity contribution in [2.24, 2.45) is 5.73 Å². The van der Waals surface area contributed by atoms with Gasteiger partial charge in [0.05, 0.1) is 0 Å². The Bertz CT molecular complexity index is 387. The van der Waals surface area contributed by atoms with E-state index >= 15 is 0 Å². The summed E-state index contributed by atoms with van der Waals surface area (Å²) < 4.78 is 0. The van der Waals surface area contributed by atoms with Crippen molar-refractivity contribution < 1.29 is 4.79 Å². The Hall–Kier alpha value is -1.55. The van der Waals surface area contributed by atoms with E-state index in [9.17, 15) is 4.79 Å². The monoisotopic (exact) mass is 263 g/mol. The summed E-state index contributed by atoms with van der Waals surface area (Å²) in [6.07, 6.45) is 1.47. The minimum absolute atomic E-state index is 0.157. The van der Waals surface area contributed by atoms with E-state index in [-0.39, 0.29) is 5.91 Å². The predicted octanol–water partition coefficient (Wildman–Crippen LogP) is 1.63. The van der Waals surface area contributed by atoms with Gasteiger partial charge in [0, 0.05) is 39.3 Å². The minimum atomic E-state index is 0.157. The Balaban J connectivity index is 2.66. The second-order valence-electron chi connectivity index (χ2n) is 5.00. The molecular formula is C15H25N3O. The lowest BCUT2D eigenvalue weighted by molar-refractivity contribution is -0.128. The molecule has 0 bridgehead atoms. The highest BCUT2D eigenvalue weighted by Gasteiger charge is 2.10. The van der Waals surface area contributed by atoms with Crippen LogP contribution in [-0.2, 0) is 4.79 Å². The van der Waals surface area contributed by atoms with Crippen LogP contribution in [0.25, 0.3) is 0 Å². The Morgan fingerprint density at radius 1 is 1.16 bits per heavy atom. The molecule has 0 aliphatic carbocycles. The molecule has 0 saturated carbocycles. The zero-order chi connectivity index (χ0) is 14.3. The minimum Gasteiger partial charge on any atom is -0.371 e. The maximum Gasteiger partial charge on any atom is 0.223 e. The van der Waals surface area contributed by atoms with E-state index in [1.807, 2.05) is 0 Å². The van der Waals surface area contributed by atoms with Crippen LogP contribution in [-0.4, -0.2) is 44.5 Å². The zero-order valence-corrected chi connectivity index (χ0v) is 12.2. The average Bonchev–Trinajstić information content (AvgIpc) is 2.39. The lowest BCUT2D eigenvalue weighted by Gasteiger charge is -2.25. The molecule has 0 fully saturated rings. The normalized spacial score (nSPS) is 10.3. The van der Waals surface area contributed by atoms with E-state index in [2.05, 4.69) is 36.1 Å². The lowest BCUT2D eigenvalue weighted by atomic mass is 10.2. The van der Waals surface area contributed by atoms with Crippen LogP contribution in [0.4, 0.5) is 5.69 Å². The van der Waals surface area contributed by atoms with E-state index < -0.39 is 0 Å². The van der Waals surface area contributed by atoms with Crippen LogP contribution in [0.5, 0.6) is 0 Å². The first-order chi connectivity index (χ1) is 9.04. The van der Waals surface area contributed by atoms with E-state index in [0.717, 1.165) is 25.2 Å². The molecule has 0 spiro atoms. The van der Waals surface area contributed by atoms with Gasteiger partial charge in [-0.25, -0.2) is 0 Å². The Morgan fingerprint density at radius 2 is 1.79 bits per heavy atom. The van der Waals surface area contributed by atoms with Gasteiger partial charge in [0.1, 0.15) is 0 Å². The Kier molecular flexibility index (Phi) is 6.36. The quantitative estimate of drug-likeness (QED) is 0.813.